The molecule has 1 unspecified atom stereocenters. The second kappa shape index (κ2) is 3.43. The number of likely N-dealkylation sites (N-methyl/N-ethyl adjacent to an activating group) is 1. The van der Waals surface area contributed by atoms with E-state index in [0.717, 1.165) is 12.1 Å². The molecule has 1 saturated carbocycles. The van der Waals surface area contributed by atoms with E-state index in [4.69, 9.17) is 5.53 Å². The molecule has 0 spiro atoms. The third-order valence-electron chi connectivity index (χ3n) is 3.38. The summed E-state index contributed by atoms with van der Waals surface area (Å²) in [7, 11) is 1.64. The number of aromatic nitrogens is 2. The van der Waals surface area contributed by atoms with Crippen LogP contribution in [-0.4, -0.2) is 29.0 Å². The van der Waals surface area contributed by atoms with Crippen molar-refractivity contribution in [2.45, 2.75) is 18.4 Å². The van der Waals surface area contributed by atoms with Gasteiger partial charge in [-0.1, -0.05) is 5.11 Å². The van der Waals surface area contributed by atoms with Crippen LogP contribution in [0.3, 0.4) is 0 Å². The number of carbonyl (C=O) groups is 1. The first kappa shape index (κ1) is 10.0. The summed E-state index contributed by atoms with van der Waals surface area (Å²) in [6.45, 7) is 0. The fourth-order valence-corrected chi connectivity index (χ4v) is 2.42. The van der Waals surface area contributed by atoms with Crippen molar-refractivity contribution >= 4 is 11.7 Å². The van der Waals surface area contributed by atoms with Gasteiger partial charge >= 0.3 is 0 Å². The number of carbonyl (C=O) groups excluding carboxylic acids is 1. The largest absolute Gasteiger partial charge is 0.298 e. The number of hydrogen-bond donors (Lipinski definition) is 0. The summed E-state index contributed by atoms with van der Waals surface area (Å²) in [6, 6.07) is -0.619. The number of nitrogens with zero attached hydrogens (tertiary/aromatic N) is 6. The molecule has 2 aliphatic rings. The molecule has 0 N–H and O–H groups in total. The minimum Gasteiger partial charge on any atom is -0.298 e. The van der Waals surface area contributed by atoms with Crippen molar-refractivity contribution in [3.05, 3.63) is 28.5 Å². The van der Waals surface area contributed by atoms with Gasteiger partial charge in [0.2, 0.25) is 5.91 Å². The minimum absolute atomic E-state index is 0.0822. The van der Waals surface area contributed by atoms with Crippen molar-refractivity contribution in [2.75, 3.05) is 11.9 Å². The Morgan fingerprint density at radius 3 is 3.06 bits per heavy atom. The molecule has 3 rings (SSSR count). The molecule has 7 heteroatoms. The molecule has 3 atom stereocenters. The summed E-state index contributed by atoms with van der Waals surface area (Å²) in [5, 5.41) is 3.61. The molecule has 0 saturated heterocycles. The van der Waals surface area contributed by atoms with Gasteiger partial charge in [0.1, 0.15) is 6.04 Å². The molecule has 1 amide bonds. The molecular formula is C10H10N6O. The third-order valence-corrected chi connectivity index (χ3v) is 3.38. The maximum absolute atomic E-state index is 12.1. The molecule has 1 aromatic heterocycles. The molecule has 86 valence electrons. The van der Waals surface area contributed by atoms with Gasteiger partial charge in [-0.2, -0.15) is 0 Å². The van der Waals surface area contributed by atoms with Crippen LogP contribution in [0.1, 0.15) is 18.0 Å². The lowest BCUT2D eigenvalue weighted by atomic mass is 10.1. The molecule has 1 aliphatic carbocycles. The maximum Gasteiger partial charge on any atom is 0.237 e. The van der Waals surface area contributed by atoms with E-state index in [0.29, 0.717) is 5.82 Å². The molecule has 1 aromatic rings. The van der Waals surface area contributed by atoms with Gasteiger partial charge in [0.15, 0.2) is 5.82 Å². The lowest BCUT2D eigenvalue weighted by Gasteiger charge is -2.18. The molecule has 0 bridgehead atoms. The van der Waals surface area contributed by atoms with E-state index in [9.17, 15) is 4.79 Å². The predicted molar refractivity (Wildman–Crippen MR) is 59.2 cm³/mol. The Hall–Kier alpha value is -2.14. The highest BCUT2D eigenvalue weighted by atomic mass is 16.2. The average molecular weight is 230 g/mol. The molecular weight excluding hydrogens is 220 g/mol. The summed E-state index contributed by atoms with van der Waals surface area (Å²) >= 11 is 0. The number of amides is 1. The Balaban J connectivity index is 2.11. The Kier molecular flexibility index (Phi) is 2.02. The van der Waals surface area contributed by atoms with E-state index >= 15 is 0 Å². The van der Waals surface area contributed by atoms with Gasteiger partial charge in [0.25, 0.3) is 0 Å². The van der Waals surface area contributed by atoms with Crippen molar-refractivity contribution in [3.63, 3.8) is 0 Å². The van der Waals surface area contributed by atoms with Gasteiger partial charge in [-0.05, 0) is 17.9 Å². The van der Waals surface area contributed by atoms with Crippen LogP contribution in [0.2, 0.25) is 0 Å². The quantitative estimate of drug-likeness (QED) is 0.412. The van der Waals surface area contributed by atoms with Crippen LogP contribution in [0.4, 0.5) is 5.82 Å². The van der Waals surface area contributed by atoms with Gasteiger partial charge in [-0.15, -0.1) is 0 Å². The molecule has 17 heavy (non-hydrogen) atoms. The normalized spacial score (nSPS) is 29.8. The van der Waals surface area contributed by atoms with E-state index in [1.807, 2.05) is 0 Å². The zero-order chi connectivity index (χ0) is 12.0. The average Bonchev–Trinajstić information content (AvgIpc) is 3.14. The first-order valence-electron chi connectivity index (χ1n) is 5.36. The standard InChI is InChI=1S/C10H10N6O/c1-16-9-7(12-2-3-13-9)5-4-6(5)8(10(16)17)14-15-11/h2-3,5-6,8H,4H2,1H3/t5-,6?,8+/m1/s1. The highest BCUT2D eigenvalue weighted by Crippen LogP contribution is 2.53. The lowest BCUT2D eigenvalue weighted by Crippen LogP contribution is -2.36. The molecule has 2 heterocycles. The summed E-state index contributed by atoms with van der Waals surface area (Å²) in [5.41, 5.74) is 9.36. The number of anilines is 1. The molecule has 0 aromatic carbocycles. The van der Waals surface area contributed by atoms with E-state index in [-0.39, 0.29) is 17.7 Å². The first-order chi connectivity index (χ1) is 8.24. The summed E-state index contributed by atoms with van der Waals surface area (Å²) in [4.78, 5) is 24.8. The summed E-state index contributed by atoms with van der Waals surface area (Å²) in [6.07, 6.45) is 4.03. The summed E-state index contributed by atoms with van der Waals surface area (Å²) in [5.74, 6) is 0.664. The van der Waals surface area contributed by atoms with Crippen molar-refractivity contribution < 1.29 is 4.79 Å². The van der Waals surface area contributed by atoms with Crippen LogP contribution < -0.4 is 4.90 Å². The van der Waals surface area contributed by atoms with Gasteiger partial charge in [0.05, 0.1) is 5.69 Å². The molecule has 1 fully saturated rings. The highest BCUT2D eigenvalue weighted by molar-refractivity contribution is 5.98. The van der Waals surface area contributed by atoms with Crippen LogP contribution in [0.25, 0.3) is 10.4 Å². The van der Waals surface area contributed by atoms with Crippen LogP contribution in [0, 0.1) is 5.92 Å². The van der Waals surface area contributed by atoms with Crippen molar-refractivity contribution in [1.82, 2.24) is 9.97 Å². The van der Waals surface area contributed by atoms with E-state index < -0.39 is 6.04 Å². The van der Waals surface area contributed by atoms with Crippen molar-refractivity contribution in [1.29, 1.82) is 0 Å². The highest BCUT2D eigenvalue weighted by Gasteiger charge is 2.52. The maximum atomic E-state index is 12.1. The third kappa shape index (κ3) is 1.36. The SMILES string of the molecule is CN1C(=O)[C@@H](N=[N+]=[N-])C2C[C@H]2c2nccnc21. The minimum atomic E-state index is -0.619. The number of hydrogen-bond acceptors (Lipinski definition) is 4. The van der Waals surface area contributed by atoms with Crippen LogP contribution in [0.15, 0.2) is 17.5 Å². The fraction of sp³-hybridized carbons (Fsp3) is 0.500. The van der Waals surface area contributed by atoms with Gasteiger partial charge in [0, 0.05) is 30.3 Å². The van der Waals surface area contributed by atoms with Crippen molar-refractivity contribution in [3.8, 4) is 0 Å². The monoisotopic (exact) mass is 230 g/mol. The molecule has 1 aliphatic heterocycles. The van der Waals surface area contributed by atoms with E-state index in [1.165, 1.54) is 4.90 Å². The zero-order valence-electron chi connectivity index (χ0n) is 9.19. The number of fused-ring (bicyclic) bond motifs is 3. The smallest absolute Gasteiger partial charge is 0.237 e. The Bertz CT molecular complexity index is 537. The van der Waals surface area contributed by atoms with Gasteiger partial charge < -0.3 is 0 Å². The van der Waals surface area contributed by atoms with Gasteiger partial charge in [-0.3, -0.25) is 14.7 Å². The Morgan fingerprint density at radius 1 is 1.53 bits per heavy atom. The van der Waals surface area contributed by atoms with E-state index in [2.05, 4.69) is 20.0 Å². The van der Waals surface area contributed by atoms with Crippen LogP contribution >= 0.6 is 0 Å². The van der Waals surface area contributed by atoms with Crippen LogP contribution in [-0.2, 0) is 4.79 Å². The Labute approximate surface area is 97.1 Å². The predicted octanol–water partition coefficient (Wildman–Crippen LogP) is 1.24. The molecule has 7 nitrogen and oxygen atoms in total. The van der Waals surface area contributed by atoms with Crippen molar-refractivity contribution in [2.24, 2.45) is 11.0 Å². The summed E-state index contributed by atoms with van der Waals surface area (Å²) < 4.78 is 0. The number of rotatable bonds is 1. The van der Waals surface area contributed by atoms with Crippen LogP contribution in [0.5, 0.6) is 0 Å². The first-order valence-corrected chi connectivity index (χ1v) is 5.36. The van der Waals surface area contributed by atoms with E-state index in [1.54, 1.807) is 19.4 Å². The lowest BCUT2D eigenvalue weighted by molar-refractivity contribution is -0.119. The topological polar surface area (TPSA) is 94.9 Å². The zero-order valence-corrected chi connectivity index (χ0v) is 9.19. The fourth-order valence-electron chi connectivity index (χ4n) is 2.42. The second-order valence-corrected chi connectivity index (χ2v) is 4.32. The Morgan fingerprint density at radius 2 is 2.29 bits per heavy atom. The van der Waals surface area contributed by atoms with Gasteiger partial charge in [-0.25, -0.2) is 4.98 Å². The molecule has 0 radical (unpaired) electrons. The second-order valence-electron chi connectivity index (χ2n) is 4.32. The number of azide groups is 1.